The molecule has 6 rings (SSSR count). The smallest absolute Gasteiger partial charge is 0.237 e. The van der Waals surface area contributed by atoms with Gasteiger partial charge in [0.05, 0.1) is 25.3 Å². The quantitative estimate of drug-likeness (QED) is 0.540. The first-order chi connectivity index (χ1) is 17.1. The second-order valence-corrected chi connectivity index (χ2v) is 10.9. The zero-order valence-electron chi connectivity index (χ0n) is 19.9. The number of carbonyl (C=O) groups excluding carboxylic acids is 1. The van der Waals surface area contributed by atoms with Crippen molar-refractivity contribution in [2.75, 3.05) is 43.5 Å². The number of benzene rings is 1. The number of rotatable bonds is 6. The Bertz CT molecular complexity index is 1200. The fourth-order valence-corrected chi connectivity index (χ4v) is 6.33. The lowest BCUT2D eigenvalue weighted by Gasteiger charge is -2.40. The minimum absolute atomic E-state index is 0.246. The number of anilines is 3. The van der Waals surface area contributed by atoms with E-state index in [0.29, 0.717) is 12.5 Å². The fourth-order valence-electron chi connectivity index (χ4n) is 5.67. The van der Waals surface area contributed by atoms with Gasteiger partial charge in [-0.1, -0.05) is 12.1 Å². The monoisotopic (exact) mass is 493 g/mol. The van der Waals surface area contributed by atoms with Crippen LogP contribution < -0.4 is 10.6 Å². The number of nitrogens with zero attached hydrogens (tertiary/aromatic N) is 5. The third-order valence-corrected chi connectivity index (χ3v) is 8.09. The minimum Gasteiger partial charge on any atom is -0.379 e. The summed E-state index contributed by atoms with van der Waals surface area (Å²) in [4.78, 5) is 32.8. The lowest BCUT2D eigenvalue weighted by Crippen LogP contribution is -2.53. The number of piperidine rings is 1. The van der Waals surface area contributed by atoms with Gasteiger partial charge < -0.3 is 20.3 Å². The molecule has 2 bridgehead atoms. The number of ether oxygens (including phenoxy) is 1. The fraction of sp³-hybridized carbons (Fsp3) is 0.520. The van der Waals surface area contributed by atoms with E-state index in [0.717, 1.165) is 78.7 Å². The van der Waals surface area contributed by atoms with Gasteiger partial charge in [-0.2, -0.15) is 4.98 Å². The molecule has 1 aromatic carbocycles. The van der Waals surface area contributed by atoms with E-state index in [2.05, 4.69) is 25.4 Å². The Labute approximate surface area is 208 Å². The second-order valence-electron chi connectivity index (χ2n) is 9.70. The molecule has 184 valence electrons. The summed E-state index contributed by atoms with van der Waals surface area (Å²) >= 11 is 1.61. The van der Waals surface area contributed by atoms with Gasteiger partial charge in [-0.05, 0) is 44.7 Å². The molecule has 2 atom stereocenters. The number of nitrogens with one attached hydrogen (secondary N) is 2. The van der Waals surface area contributed by atoms with Crippen LogP contribution in [-0.2, 0) is 9.53 Å². The van der Waals surface area contributed by atoms with Crippen molar-refractivity contribution in [2.45, 2.75) is 50.7 Å². The number of thiazole rings is 1. The number of aromatic nitrogens is 3. The number of fused-ring (bicyclic) bond motifs is 3. The molecule has 3 aliphatic rings. The maximum absolute atomic E-state index is 13.1. The van der Waals surface area contributed by atoms with Crippen LogP contribution in [0.4, 0.5) is 16.9 Å². The molecule has 0 saturated carbocycles. The van der Waals surface area contributed by atoms with Crippen LogP contribution in [0.15, 0.2) is 30.5 Å². The molecule has 3 aliphatic heterocycles. The van der Waals surface area contributed by atoms with Crippen molar-refractivity contribution in [3.05, 3.63) is 35.3 Å². The van der Waals surface area contributed by atoms with Gasteiger partial charge in [-0.3, -0.25) is 9.69 Å². The summed E-state index contributed by atoms with van der Waals surface area (Å²) in [6.07, 6.45) is 5.87. The van der Waals surface area contributed by atoms with Crippen molar-refractivity contribution in [1.29, 1.82) is 0 Å². The van der Waals surface area contributed by atoms with E-state index in [1.54, 1.807) is 11.3 Å². The van der Waals surface area contributed by atoms with Crippen molar-refractivity contribution in [3.63, 3.8) is 0 Å². The van der Waals surface area contributed by atoms with Gasteiger partial charge in [0, 0.05) is 47.7 Å². The van der Waals surface area contributed by atoms with E-state index < -0.39 is 0 Å². The number of hydrogen-bond acceptors (Lipinski definition) is 9. The van der Waals surface area contributed by atoms with Crippen molar-refractivity contribution < 1.29 is 9.53 Å². The Morgan fingerprint density at radius 3 is 2.66 bits per heavy atom. The number of aryl methyl sites for hydroxylation is 1. The summed E-state index contributed by atoms with van der Waals surface area (Å²) in [6, 6.07) is 8.86. The third kappa shape index (κ3) is 4.82. The molecule has 35 heavy (non-hydrogen) atoms. The van der Waals surface area contributed by atoms with Crippen LogP contribution in [0.2, 0.25) is 0 Å². The predicted octanol–water partition coefficient (Wildman–Crippen LogP) is 3.40. The topological polar surface area (TPSA) is 95.5 Å². The van der Waals surface area contributed by atoms with Crippen molar-refractivity contribution in [1.82, 2.24) is 24.8 Å². The Morgan fingerprint density at radius 2 is 1.91 bits per heavy atom. The highest BCUT2D eigenvalue weighted by molar-refractivity contribution is 7.15. The molecule has 3 fully saturated rings. The van der Waals surface area contributed by atoms with Crippen LogP contribution in [0.25, 0.3) is 10.9 Å². The van der Waals surface area contributed by atoms with Crippen molar-refractivity contribution in [2.24, 2.45) is 0 Å². The highest BCUT2D eigenvalue weighted by Gasteiger charge is 2.43. The first kappa shape index (κ1) is 22.6. The third-order valence-electron chi connectivity index (χ3n) is 7.27. The van der Waals surface area contributed by atoms with Gasteiger partial charge in [-0.25, -0.2) is 9.97 Å². The van der Waals surface area contributed by atoms with E-state index >= 15 is 0 Å². The van der Waals surface area contributed by atoms with Crippen molar-refractivity contribution in [3.8, 4) is 0 Å². The Kier molecular flexibility index (Phi) is 6.26. The van der Waals surface area contributed by atoms with Crippen LogP contribution in [0.1, 0.15) is 30.6 Å². The lowest BCUT2D eigenvalue weighted by atomic mass is 9.97. The normalized spacial score (nSPS) is 24.6. The summed E-state index contributed by atoms with van der Waals surface area (Å²) in [5.74, 6) is 1.65. The highest BCUT2D eigenvalue weighted by Crippen LogP contribution is 2.37. The van der Waals surface area contributed by atoms with Gasteiger partial charge >= 0.3 is 0 Å². The predicted molar refractivity (Wildman–Crippen MR) is 137 cm³/mol. The zero-order chi connectivity index (χ0) is 23.8. The summed E-state index contributed by atoms with van der Waals surface area (Å²) in [7, 11) is 0. The summed E-state index contributed by atoms with van der Waals surface area (Å²) < 4.78 is 5.43. The van der Waals surface area contributed by atoms with E-state index in [1.165, 1.54) is 0 Å². The summed E-state index contributed by atoms with van der Waals surface area (Å²) in [5, 5.41) is 8.78. The van der Waals surface area contributed by atoms with Gasteiger partial charge in [0.1, 0.15) is 5.82 Å². The van der Waals surface area contributed by atoms with E-state index in [1.807, 2.05) is 37.4 Å². The molecule has 3 saturated heterocycles. The summed E-state index contributed by atoms with van der Waals surface area (Å²) in [6.45, 7) is 5.67. The van der Waals surface area contributed by atoms with Gasteiger partial charge in [0.25, 0.3) is 0 Å². The van der Waals surface area contributed by atoms with Crippen LogP contribution in [0.3, 0.4) is 0 Å². The summed E-state index contributed by atoms with van der Waals surface area (Å²) in [5.41, 5.74) is 0.891. The first-order valence-electron chi connectivity index (χ1n) is 12.5. The first-order valence-corrected chi connectivity index (χ1v) is 13.3. The zero-order valence-corrected chi connectivity index (χ0v) is 20.8. The Morgan fingerprint density at radius 1 is 1.14 bits per heavy atom. The molecule has 2 aromatic heterocycles. The molecule has 2 N–H and O–H groups in total. The van der Waals surface area contributed by atoms with E-state index in [9.17, 15) is 4.79 Å². The number of para-hydroxylation sites is 1. The lowest BCUT2D eigenvalue weighted by molar-refractivity contribution is -0.137. The standard InChI is InChI=1S/C25H31N7O2S/c1-16-14-26-25(35-16)30-23-20-4-2-3-5-21(20)28-24(29-23)27-17-12-18-6-7-19(13-17)32(18)22(33)15-31-8-10-34-11-9-31/h2-5,14,17-19H,6-13,15H2,1H3,(H2,26,27,28,29,30). The van der Waals surface area contributed by atoms with Crippen LogP contribution in [-0.4, -0.2) is 81.6 Å². The Balaban J connectivity index is 1.16. The molecule has 5 heterocycles. The SMILES string of the molecule is Cc1cnc(Nc2nc(NC3CC4CCC(C3)N4C(=O)CN3CCOCC3)nc3ccccc23)s1. The van der Waals surface area contributed by atoms with Gasteiger partial charge in [0.15, 0.2) is 5.13 Å². The molecule has 1 amide bonds. The molecular weight excluding hydrogens is 462 g/mol. The highest BCUT2D eigenvalue weighted by atomic mass is 32.1. The average Bonchev–Trinajstić information content (AvgIpc) is 3.39. The van der Waals surface area contributed by atoms with Crippen LogP contribution in [0.5, 0.6) is 0 Å². The molecule has 0 spiro atoms. The molecule has 2 unspecified atom stereocenters. The largest absolute Gasteiger partial charge is 0.379 e. The maximum Gasteiger partial charge on any atom is 0.237 e. The van der Waals surface area contributed by atoms with Gasteiger partial charge in [0.2, 0.25) is 11.9 Å². The van der Waals surface area contributed by atoms with Crippen molar-refractivity contribution >= 4 is 45.0 Å². The molecule has 9 nitrogen and oxygen atoms in total. The van der Waals surface area contributed by atoms with E-state index in [-0.39, 0.29) is 24.0 Å². The maximum atomic E-state index is 13.1. The second kappa shape index (κ2) is 9.67. The molecule has 10 heteroatoms. The average molecular weight is 494 g/mol. The molecule has 0 aliphatic carbocycles. The number of hydrogen-bond donors (Lipinski definition) is 2. The number of carbonyl (C=O) groups is 1. The Hall–Kier alpha value is -2.82. The molecule has 0 radical (unpaired) electrons. The van der Waals surface area contributed by atoms with Crippen LogP contribution >= 0.6 is 11.3 Å². The molecular formula is C25H31N7O2S. The van der Waals surface area contributed by atoms with Crippen LogP contribution in [0, 0.1) is 6.92 Å². The molecule has 3 aromatic rings. The van der Waals surface area contributed by atoms with Gasteiger partial charge in [-0.15, -0.1) is 11.3 Å². The number of amides is 1. The minimum atomic E-state index is 0.246. The van der Waals surface area contributed by atoms with E-state index in [4.69, 9.17) is 14.7 Å². The number of morpholine rings is 1.